The van der Waals surface area contributed by atoms with Crippen LogP contribution in [0.25, 0.3) is 11.3 Å². The molecule has 2 fully saturated rings. The Bertz CT molecular complexity index is 2480. The van der Waals surface area contributed by atoms with Crippen molar-refractivity contribution in [3.8, 4) is 28.5 Å². The normalized spacial score (nSPS) is 18.7. The van der Waals surface area contributed by atoms with Crippen molar-refractivity contribution < 1.29 is 43.0 Å². The van der Waals surface area contributed by atoms with Crippen LogP contribution in [0.3, 0.4) is 0 Å². The van der Waals surface area contributed by atoms with Crippen LogP contribution in [0.4, 0.5) is 5.82 Å². The largest absolute Gasteiger partial charge is 0.483 e. The van der Waals surface area contributed by atoms with Gasteiger partial charge in [-0.25, -0.2) is 4.68 Å². The number of nitrogens with two attached hydrogens (primary N) is 1. The summed E-state index contributed by atoms with van der Waals surface area (Å²) < 4.78 is 13.5. The van der Waals surface area contributed by atoms with E-state index in [-0.39, 0.29) is 54.1 Å². The number of para-hydroxylation sites is 1. The number of imide groups is 2. The maximum Gasteiger partial charge on any atom is 0.266 e. The molecule has 4 aliphatic rings. The molecular weight excluding hydrogens is 811 g/mol. The number of amides is 7. The van der Waals surface area contributed by atoms with Gasteiger partial charge in [0.2, 0.25) is 17.7 Å². The Morgan fingerprint density at radius 2 is 1.67 bits per heavy atom. The lowest BCUT2D eigenvalue weighted by Crippen LogP contribution is -2.54. The first kappa shape index (κ1) is 42.2. The monoisotopic (exact) mass is 857 g/mol. The number of carbonyl (C=O) groups is 7. The van der Waals surface area contributed by atoms with Crippen molar-refractivity contribution in [2.24, 2.45) is 11.7 Å². The van der Waals surface area contributed by atoms with Crippen LogP contribution in [-0.2, 0) is 19.2 Å². The van der Waals surface area contributed by atoms with Gasteiger partial charge in [-0.05, 0) is 80.1 Å². The third-order valence-corrected chi connectivity index (χ3v) is 11.8. The number of rotatable bonds is 14. The molecule has 0 aliphatic carbocycles. The number of fused-ring (bicyclic) bond motifs is 2. The summed E-state index contributed by atoms with van der Waals surface area (Å²) in [6.45, 7) is 1.96. The highest BCUT2D eigenvalue weighted by atomic mass is 16.5. The minimum absolute atomic E-state index is 0.00338. The third kappa shape index (κ3) is 8.96. The molecule has 0 spiro atoms. The molecule has 7 amide bonds. The number of nitrogens with one attached hydrogen (secondary N) is 3. The van der Waals surface area contributed by atoms with E-state index in [1.807, 2.05) is 64.2 Å². The Morgan fingerprint density at radius 1 is 0.921 bits per heavy atom. The number of likely N-dealkylation sites (N-methyl/N-ethyl adjacent to an activating group) is 1. The summed E-state index contributed by atoms with van der Waals surface area (Å²) >= 11 is 0. The van der Waals surface area contributed by atoms with Crippen LogP contribution in [-0.4, -0.2) is 118 Å². The summed E-state index contributed by atoms with van der Waals surface area (Å²) in [6, 6.07) is 20.2. The SMILES string of the molecule is CN(/C=C/C(=O)N1CCC([C@@H]2CCNc3c(C(N)=O)c(-c4ccc(Oc5ccccc5)cc4)nn32)CC1)CCNC(=O)COc1cccc2c1C(=O)N(C1CCC(=O)NC1=O)C2=O. The lowest BCUT2D eigenvalue weighted by molar-refractivity contribution is -0.136. The van der Waals surface area contributed by atoms with Crippen LogP contribution in [0.5, 0.6) is 17.2 Å². The molecule has 5 N–H and O–H groups in total. The van der Waals surface area contributed by atoms with Gasteiger partial charge >= 0.3 is 0 Å². The van der Waals surface area contributed by atoms with Crippen LogP contribution in [0, 0.1) is 5.92 Å². The van der Waals surface area contributed by atoms with E-state index in [4.69, 9.17) is 20.3 Å². The Morgan fingerprint density at radius 3 is 2.40 bits per heavy atom. The Kier molecular flexibility index (Phi) is 12.2. The van der Waals surface area contributed by atoms with Gasteiger partial charge in [-0.3, -0.25) is 43.8 Å². The van der Waals surface area contributed by atoms with E-state index >= 15 is 0 Å². The Balaban J connectivity index is 0.795. The zero-order valence-electron chi connectivity index (χ0n) is 34.6. The van der Waals surface area contributed by atoms with E-state index in [9.17, 15) is 33.6 Å². The highest BCUT2D eigenvalue weighted by molar-refractivity contribution is 6.24. The predicted octanol–water partition coefficient (Wildman–Crippen LogP) is 3.08. The van der Waals surface area contributed by atoms with Gasteiger partial charge in [0.25, 0.3) is 23.6 Å². The average molecular weight is 858 g/mol. The van der Waals surface area contributed by atoms with E-state index < -0.39 is 48.1 Å². The second-order valence-corrected chi connectivity index (χ2v) is 15.8. The van der Waals surface area contributed by atoms with Crippen molar-refractivity contribution in [2.75, 3.05) is 51.7 Å². The third-order valence-electron chi connectivity index (χ3n) is 11.8. The first-order chi connectivity index (χ1) is 30.5. The van der Waals surface area contributed by atoms with E-state index in [0.29, 0.717) is 54.8 Å². The van der Waals surface area contributed by atoms with Crippen molar-refractivity contribution >= 4 is 47.2 Å². The maximum absolute atomic E-state index is 13.3. The molecule has 1 unspecified atom stereocenters. The van der Waals surface area contributed by atoms with E-state index in [0.717, 1.165) is 29.7 Å². The van der Waals surface area contributed by atoms with E-state index in [1.54, 1.807) is 18.1 Å². The molecule has 4 aromatic rings. The van der Waals surface area contributed by atoms with Gasteiger partial charge < -0.3 is 35.6 Å². The molecule has 0 radical (unpaired) electrons. The number of carbonyl (C=O) groups excluding carboxylic acids is 7. The molecule has 18 heteroatoms. The molecule has 3 aromatic carbocycles. The molecular formula is C45H47N9O9. The first-order valence-electron chi connectivity index (χ1n) is 20.9. The molecule has 0 saturated carbocycles. The zero-order chi connectivity index (χ0) is 44.2. The van der Waals surface area contributed by atoms with Crippen molar-refractivity contribution in [2.45, 2.75) is 44.2 Å². The number of hydrogen-bond acceptors (Lipinski definition) is 12. The standard InChI is InChI=1S/C45H47N9O9/c1-51(25-21-47-36(56)26-62-34-9-5-8-31-38(34)45(61)53(44(31)60)33-14-15-35(55)49-43(33)59)22-19-37(57)52-23-17-27(18-24-52)32-16-20-48-42-39(41(46)58)40(50-54(32)42)28-10-12-30(13-11-28)63-29-6-3-2-4-7-29/h2-13,19,22,27,32-33,48H,14-18,20-21,23-26H2,1H3,(H2,46,58)(H,47,56)(H,49,55,59)/b22-19+/t32-,33?/m0/s1. The van der Waals surface area contributed by atoms with Crippen LogP contribution >= 0.6 is 0 Å². The van der Waals surface area contributed by atoms with Gasteiger partial charge in [0.05, 0.1) is 17.2 Å². The minimum atomic E-state index is -1.12. The van der Waals surface area contributed by atoms with Crippen LogP contribution in [0.2, 0.25) is 0 Å². The zero-order valence-corrected chi connectivity index (χ0v) is 34.6. The van der Waals surface area contributed by atoms with Crippen molar-refractivity contribution in [3.05, 3.63) is 102 Å². The summed E-state index contributed by atoms with van der Waals surface area (Å²) in [4.78, 5) is 93.5. The molecule has 2 atom stereocenters. The number of hydrogen-bond donors (Lipinski definition) is 4. The number of piperidine rings is 2. The highest BCUT2D eigenvalue weighted by Gasteiger charge is 2.46. The fraction of sp³-hybridized carbons (Fsp3) is 0.333. The molecule has 18 nitrogen and oxygen atoms in total. The smallest absolute Gasteiger partial charge is 0.266 e. The van der Waals surface area contributed by atoms with Gasteiger partial charge in [0.15, 0.2) is 6.61 Å². The fourth-order valence-corrected chi connectivity index (χ4v) is 8.53. The lowest BCUT2D eigenvalue weighted by atomic mass is 9.87. The van der Waals surface area contributed by atoms with Crippen LogP contribution in [0.15, 0.2) is 85.1 Å². The molecule has 8 rings (SSSR count). The van der Waals surface area contributed by atoms with Crippen molar-refractivity contribution in [3.63, 3.8) is 0 Å². The number of aromatic nitrogens is 2. The summed E-state index contributed by atoms with van der Waals surface area (Å²) in [5.41, 5.74) is 7.53. The molecule has 326 valence electrons. The number of likely N-dealkylation sites (tertiary alicyclic amines) is 1. The highest BCUT2D eigenvalue weighted by Crippen LogP contribution is 2.40. The van der Waals surface area contributed by atoms with Gasteiger partial charge in [-0.2, -0.15) is 5.10 Å². The average Bonchev–Trinajstić information content (AvgIpc) is 3.80. The second-order valence-electron chi connectivity index (χ2n) is 15.8. The number of ether oxygens (including phenoxy) is 2. The summed E-state index contributed by atoms with van der Waals surface area (Å²) in [6.07, 6.45) is 5.51. The second kappa shape index (κ2) is 18.2. The predicted molar refractivity (Wildman–Crippen MR) is 228 cm³/mol. The minimum Gasteiger partial charge on any atom is -0.483 e. The Labute approximate surface area is 362 Å². The van der Waals surface area contributed by atoms with E-state index in [2.05, 4.69) is 16.0 Å². The van der Waals surface area contributed by atoms with Gasteiger partial charge in [0.1, 0.15) is 40.4 Å². The van der Waals surface area contributed by atoms with Gasteiger partial charge in [-0.15, -0.1) is 0 Å². The van der Waals surface area contributed by atoms with Crippen molar-refractivity contribution in [1.29, 1.82) is 0 Å². The van der Waals surface area contributed by atoms with Crippen LogP contribution in [0.1, 0.15) is 69.2 Å². The van der Waals surface area contributed by atoms with Crippen molar-refractivity contribution in [1.82, 2.24) is 35.1 Å². The number of benzene rings is 3. The summed E-state index contributed by atoms with van der Waals surface area (Å²) in [5.74, 6) is -1.52. The molecule has 63 heavy (non-hydrogen) atoms. The lowest BCUT2D eigenvalue weighted by Gasteiger charge is -2.38. The summed E-state index contributed by atoms with van der Waals surface area (Å²) in [7, 11) is 1.78. The first-order valence-corrected chi connectivity index (χ1v) is 20.9. The molecule has 0 bridgehead atoms. The van der Waals surface area contributed by atoms with E-state index in [1.165, 1.54) is 24.3 Å². The number of primary amides is 1. The topological polar surface area (TPSA) is 228 Å². The van der Waals surface area contributed by atoms with Crippen LogP contribution < -0.4 is 31.2 Å². The molecule has 4 aliphatic heterocycles. The Hall–Kier alpha value is -7.50. The number of nitrogens with zero attached hydrogens (tertiary/aromatic N) is 5. The fourth-order valence-electron chi connectivity index (χ4n) is 8.53. The maximum atomic E-state index is 13.3. The number of anilines is 1. The quantitative estimate of drug-likeness (QED) is 0.106. The molecule has 2 saturated heterocycles. The summed E-state index contributed by atoms with van der Waals surface area (Å²) in [5, 5.41) is 13.2. The molecule has 1 aromatic heterocycles. The van der Waals surface area contributed by atoms with Gasteiger partial charge in [0, 0.05) is 64.0 Å². The molecule has 5 heterocycles. The van der Waals surface area contributed by atoms with Gasteiger partial charge in [-0.1, -0.05) is 24.3 Å².